The molecule has 0 heterocycles. The van der Waals surface area contributed by atoms with Gasteiger partial charge in [0.05, 0.1) is 0 Å². The molecule has 6 heteroatoms. The Hall–Kier alpha value is -1.14. The van der Waals surface area contributed by atoms with Gasteiger partial charge in [0.2, 0.25) is 0 Å². The van der Waals surface area contributed by atoms with Crippen LogP contribution in [0.1, 0.15) is 181 Å². The Morgan fingerprint density at radius 2 is 0.953 bits per heavy atom. The molecule has 0 aromatic rings. The van der Waals surface area contributed by atoms with Gasteiger partial charge in [0.25, 0.3) is 0 Å². The fourth-order valence-electron chi connectivity index (χ4n) is 5.77. The highest BCUT2D eigenvalue weighted by Gasteiger charge is 2.14. The molecule has 0 saturated carbocycles. The Morgan fingerprint density at radius 1 is 0.535 bits per heavy atom. The number of ether oxygens (including phenoxy) is 1. The third-order valence-corrected chi connectivity index (χ3v) is 8.64. The van der Waals surface area contributed by atoms with Crippen LogP contribution in [-0.2, 0) is 14.3 Å². The van der Waals surface area contributed by atoms with Crippen LogP contribution in [0, 0.1) is 0 Å². The van der Waals surface area contributed by atoms with Crippen molar-refractivity contribution in [3.05, 3.63) is 0 Å². The van der Waals surface area contributed by atoms with Crippen molar-refractivity contribution in [2.24, 2.45) is 0 Å². The summed E-state index contributed by atoms with van der Waals surface area (Å²) in [5, 5.41) is 8.77. The van der Waals surface area contributed by atoms with Gasteiger partial charge in [0.1, 0.15) is 6.10 Å². The third kappa shape index (κ3) is 32.1. The molecule has 0 aliphatic carbocycles. The van der Waals surface area contributed by atoms with Gasteiger partial charge in [-0.2, -0.15) is 0 Å². The Balaban J connectivity index is 4.17. The minimum absolute atomic E-state index is 0.0276. The standard InChI is InChI=1S/C37H74N2O4/c1-5-7-9-11-15-21-27-35(28-22-16-12-10-8-6-2)43-37(42)30-24-18-14-20-26-32-39(34-33-38(3)4)31-25-19-13-17-23-29-36(40)41/h35H,5-34H2,1-4H3,(H,40,41). The third-order valence-electron chi connectivity index (χ3n) is 8.64. The molecule has 0 spiro atoms. The van der Waals surface area contributed by atoms with Crippen molar-refractivity contribution >= 4 is 11.9 Å². The molecule has 0 fully saturated rings. The number of carboxylic acid groups (broad SMARTS) is 1. The second kappa shape index (κ2) is 32.3. The first-order chi connectivity index (χ1) is 20.9. The second-order valence-corrected chi connectivity index (χ2v) is 13.3. The minimum atomic E-state index is -0.680. The fraction of sp³-hybridized carbons (Fsp3) is 0.946. The quantitative estimate of drug-likeness (QED) is 0.0577. The van der Waals surface area contributed by atoms with E-state index in [4.69, 9.17) is 9.84 Å². The van der Waals surface area contributed by atoms with Crippen molar-refractivity contribution in [2.75, 3.05) is 40.3 Å². The van der Waals surface area contributed by atoms with Crippen LogP contribution in [0.25, 0.3) is 0 Å². The van der Waals surface area contributed by atoms with Gasteiger partial charge in [-0.3, -0.25) is 9.59 Å². The van der Waals surface area contributed by atoms with E-state index in [0.29, 0.717) is 12.8 Å². The van der Waals surface area contributed by atoms with E-state index < -0.39 is 5.97 Å². The molecule has 0 aromatic carbocycles. The summed E-state index contributed by atoms with van der Waals surface area (Å²) in [6, 6.07) is 0. The number of aliphatic carboxylic acids is 1. The predicted molar refractivity (Wildman–Crippen MR) is 184 cm³/mol. The summed E-state index contributed by atoms with van der Waals surface area (Å²) in [5.74, 6) is -0.652. The van der Waals surface area contributed by atoms with Gasteiger partial charge in [0, 0.05) is 25.9 Å². The van der Waals surface area contributed by atoms with Crippen LogP contribution in [0.15, 0.2) is 0 Å². The summed E-state index contributed by atoms with van der Waals surface area (Å²) in [6.45, 7) is 9.00. The van der Waals surface area contributed by atoms with Crippen LogP contribution in [0.3, 0.4) is 0 Å². The van der Waals surface area contributed by atoms with E-state index in [1.54, 1.807) is 0 Å². The number of carboxylic acids is 1. The highest BCUT2D eigenvalue weighted by molar-refractivity contribution is 5.69. The first kappa shape index (κ1) is 41.9. The van der Waals surface area contributed by atoms with E-state index in [0.717, 1.165) is 71.1 Å². The molecule has 43 heavy (non-hydrogen) atoms. The maximum atomic E-state index is 12.7. The minimum Gasteiger partial charge on any atom is -0.481 e. The first-order valence-corrected chi connectivity index (χ1v) is 18.7. The number of rotatable bonds is 34. The van der Waals surface area contributed by atoms with Crippen molar-refractivity contribution in [1.29, 1.82) is 0 Å². The number of carbonyl (C=O) groups excluding carboxylic acids is 1. The van der Waals surface area contributed by atoms with Crippen LogP contribution in [0.5, 0.6) is 0 Å². The molecule has 0 aliphatic rings. The van der Waals surface area contributed by atoms with E-state index >= 15 is 0 Å². The van der Waals surface area contributed by atoms with E-state index in [1.165, 1.54) is 109 Å². The van der Waals surface area contributed by atoms with Crippen molar-refractivity contribution in [2.45, 2.75) is 187 Å². The van der Waals surface area contributed by atoms with E-state index in [2.05, 4.69) is 37.7 Å². The number of carbonyl (C=O) groups is 2. The van der Waals surface area contributed by atoms with Crippen LogP contribution in [-0.4, -0.2) is 73.2 Å². The molecule has 1 N–H and O–H groups in total. The zero-order valence-corrected chi connectivity index (χ0v) is 29.4. The Bertz CT molecular complexity index is 597. The monoisotopic (exact) mass is 611 g/mol. The lowest BCUT2D eigenvalue weighted by Crippen LogP contribution is -2.33. The van der Waals surface area contributed by atoms with E-state index in [9.17, 15) is 9.59 Å². The molecule has 0 atom stereocenters. The number of esters is 1. The number of nitrogens with zero attached hydrogens (tertiary/aromatic N) is 2. The molecule has 0 rings (SSSR count). The van der Waals surface area contributed by atoms with Gasteiger partial charge >= 0.3 is 11.9 Å². The molecule has 6 nitrogen and oxygen atoms in total. The summed E-state index contributed by atoms with van der Waals surface area (Å²) >= 11 is 0. The lowest BCUT2D eigenvalue weighted by Gasteiger charge is -2.24. The highest BCUT2D eigenvalue weighted by Crippen LogP contribution is 2.18. The number of unbranched alkanes of at least 4 members (excludes halogenated alkanes) is 18. The van der Waals surface area contributed by atoms with Gasteiger partial charge in [-0.15, -0.1) is 0 Å². The SMILES string of the molecule is CCCCCCCCC(CCCCCCCC)OC(=O)CCCCCCCN(CCCCCCCC(=O)O)CCN(C)C. The van der Waals surface area contributed by atoms with Crippen LogP contribution < -0.4 is 0 Å². The lowest BCUT2D eigenvalue weighted by molar-refractivity contribution is -0.150. The average Bonchev–Trinajstić information content (AvgIpc) is 2.97. The zero-order chi connectivity index (χ0) is 31.8. The first-order valence-electron chi connectivity index (χ1n) is 18.7. The largest absolute Gasteiger partial charge is 0.481 e. The molecule has 0 aliphatic heterocycles. The summed E-state index contributed by atoms with van der Waals surface area (Å²) in [4.78, 5) is 28.2. The Morgan fingerprint density at radius 3 is 1.42 bits per heavy atom. The molecular formula is C37H74N2O4. The summed E-state index contributed by atoms with van der Waals surface area (Å²) < 4.78 is 6.01. The summed E-state index contributed by atoms with van der Waals surface area (Å²) in [5.41, 5.74) is 0. The van der Waals surface area contributed by atoms with E-state index in [1.807, 2.05) is 0 Å². The maximum absolute atomic E-state index is 12.7. The predicted octanol–water partition coefficient (Wildman–Crippen LogP) is 10.0. The molecular weight excluding hydrogens is 536 g/mol. The highest BCUT2D eigenvalue weighted by atomic mass is 16.5. The molecule has 0 unspecified atom stereocenters. The Labute approximate surface area is 268 Å². The van der Waals surface area contributed by atoms with Gasteiger partial charge in [0.15, 0.2) is 0 Å². The number of hydrogen-bond donors (Lipinski definition) is 1. The van der Waals surface area contributed by atoms with Crippen LogP contribution >= 0.6 is 0 Å². The number of hydrogen-bond acceptors (Lipinski definition) is 5. The van der Waals surface area contributed by atoms with Gasteiger partial charge < -0.3 is 19.6 Å². The molecule has 0 radical (unpaired) electrons. The van der Waals surface area contributed by atoms with Gasteiger partial charge in [-0.05, 0) is 78.6 Å². The number of likely N-dealkylation sites (N-methyl/N-ethyl adjacent to an activating group) is 1. The molecule has 0 saturated heterocycles. The second-order valence-electron chi connectivity index (χ2n) is 13.3. The fourth-order valence-corrected chi connectivity index (χ4v) is 5.77. The van der Waals surface area contributed by atoms with Gasteiger partial charge in [-0.25, -0.2) is 0 Å². The molecule has 0 bridgehead atoms. The summed E-state index contributed by atoms with van der Waals surface area (Å²) in [6.07, 6.45) is 29.6. The zero-order valence-electron chi connectivity index (χ0n) is 29.4. The smallest absolute Gasteiger partial charge is 0.306 e. The molecule has 0 aromatic heterocycles. The normalized spacial score (nSPS) is 11.7. The molecule has 256 valence electrons. The van der Waals surface area contributed by atoms with Crippen molar-refractivity contribution in [3.63, 3.8) is 0 Å². The Kier molecular flexibility index (Phi) is 31.4. The summed E-state index contributed by atoms with van der Waals surface area (Å²) in [7, 11) is 4.27. The molecule has 0 amide bonds. The topological polar surface area (TPSA) is 70.1 Å². The maximum Gasteiger partial charge on any atom is 0.306 e. The van der Waals surface area contributed by atoms with Crippen molar-refractivity contribution in [1.82, 2.24) is 9.80 Å². The lowest BCUT2D eigenvalue weighted by atomic mass is 10.0. The van der Waals surface area contributed by atoms with Gasteiger partial charge in [-0.1, -0.05) is 117 Å². The van der Waals surface area contributed by atoms with Crippen LogP contribution in [0.4, 0.5) is 0 Å². The van der Waals surface area contributed by atoms with Crippen LogP contribution in [0.2, 0.25) is 0 Å². The average molecular weight is 611 g/mol. The van der Waals surface area contributed by atoms with E-state index in [-0.39, 0.29) is 12.1 Å². The van der Waals surface area contributed by atoms with Crippen molar-refractivity contribution < 1.29 is 19.4 Å². The van der Waals surface area contributed by atoms with Crippen molar-refractivity contribution in [3.8, 4) is 0 Å².